The van der Waals surface area contributed by atoms with Crippen LogP contribution in [0.5, 0.6) is 0 Å². The van der Waals surface area contributed by atoms with Crippen LogP contribution in [-0.4, -0.2) is 23.1 Å². The SMILES string of the molecule is CCCC(Cc1ncnc2c1CCCC2)NC. The standard InChI is InChI=1S/C14H23N3/c1-3-6-11(15-2)9-14-12-7-4-5-8-13(12)16-10-17-14/h10-11,15H,3-9H2,1-2H3. The lowest BCUT2D eigenvalue weighted by Gasteiger charge is -2.20. The summed E-state index contributed by atoms with van der Waals surface area (Å²) in [6.45, 7) is 2.24. The Balaban J connectivity index is 2.14. The lowest BCUT2D eigenvalue weighted by atomic mass is 9.92. The van der Waals surface area contributed by atoms with Crippen LogP contribution in [0.15, 0.2) is 6.33 Å². The minimum Gasteiger partial charge on any atom is -0.317 e. The van der Waals surface area contributed by atoms with Crippen molar-refractivity contribution in [3.05, 3.63) is 23.3 Å². The number of hydrogen-bond donors (Lipinski definition) is 1. The maximum atomic E-state index is 4.51. The minimum atomic E-state index is 0.556. The Morgan fingerprint density at radius 1 is 1.29 bits per heavy atom. The van der Waals surface area contributed by atoms with E-state index in [1.54, 1.807) is 6.33 Å². The van der Waals surface area contributed by atoms with Crippen molar-refractivity contribution < 1.29 is 0 Å². The number of likely N-dealkylation sites (N-methyl/N-ethyl adjacent to an activating group) is 1. The normalized spacial score (nSPS) is 16.6. The number of aromatic nitrogens is 2. The van der Waals surface area contributed by atoms with Crippen molar-refractivity contribution in [1.29, 1.82) is 0 Å². The van der Waals surface area contributed by atoms with Gasteiger partial charge in [-0.15, -0.1) is 0 Å². The summed E-state index contributed by atoms with van der Waals surface area (Å²) < 4.78 is 0. The molecule has 0 aliphatic heterocycles. The molecule has 1 N–H and O–H groups in total. The van der Waals surface area contributed by atoms with Crippen molar-refractivity contribution >= 4 is 0 Å². The van der Waals surface area contributed by atoms with Crippen LogP contribution in [0.25, 0.3) is 0 Å². The summed E-state index contributed by atoms with van der Waals surface area (Å²) in [5.41, 5.74) is 4.02. The van der Waals surface area contributed by atoms with Gasteiger partial charge in [-0.3, -0.25) is 0 Å². The van der Waals surface area contributed by atoms with Crippen LogP contribution in [0.2, 0.25) is 0 Å². The molecule has 2 rings (SSSR count). The van der Waals surface area contributed by atoms with Gasteiger partial charge in [0.05, 0.1) is 0 Å². The molecule has 1 aliphatic rings. The van der Waals surface area contributed by atoms with Crippen molar-refractivity contribution in [2.75, 3.05) is 7.05 Å². The molecular weight excluding hydrogens is 210 g/mol. The summed E-state index contributed by atoms with van der Waals surface area (Å²) in [4.78, 5) is 8.94. The highest BCUT2D eigenvalue weighted by molar-refractivity contribution is 5.27. The van der Waals surface area contributed by atoms with E-state index in [4.69, 9.17) is 0 Å². The zero-order valence-corrected chi connectivity index (χ0v) is 11.0. The zero-order valence-electron chi connectivity index (χ0n) is 11.0. The molecule has 94 valence electrons. The first kappa shape index (κ1) is 12.5. The second-order valence-corrected chi connectivity index (χ2v) is 4.93. The fourth-order valence-corrected chi connectivity index (χ4v) is 2.70. The van der Waals surface area contributed by atoms with Crippen LogP contribution in [0.1, 0.15) is 49.6 Å². The second kappa shape index (κ2) is 6.10. The number of fused-ring (bicyclic) bond motifs is 1. The van der Waals surface area contributed by atoms with Crippen LogP contribution in [0, 0.1) is 0 Å². The first-order valence-corrected chi connectivity index (χ1v) is 6.84. The molecule has 0 radical (unpaired) electrons. The molecule has 17 heavy (non-hydrogen) atoms. The van der Waals surface area contributed by atoms with E-state index in [1.165, 1.54) is 49.1 Å². The lowest BCUT2D eigenvalue weighted by Crippen LogP contribution is -2.28. The Morgan fingerprint density at radius 2 is 2.12 bits per heavy atom. The highest BCUT2D eigenvalue weighted by atomic mass is 14.9. The molecule has 3 nitrogen and oxygen atoms in total. The molecule has 1 aliphatic carbocycles. The summed E-state index contributed by atoms with van der Waals surface area (Å²) in [6.07, 6.45) is 10.1. The Morgan fingerprint density at radius 3 is 2.88 bits per heavy atom. The van der Waals surface area contributed by atoms with Crippen molar-refractivity contribution in [3.63, 3.8) is 0 Å². The molecule has 0 bridgehead atoms. The van der Waals surface area contributed by atoms with Gasteiger partial charge in [0.25, 0.3) is 0 Å². The van der Waals surface area contributed by atoms with E-state index in [0.717, 1.165) is 12.8 Å². The third-order valence-electron chi connectivity index (χ3n) is 3.70. The smallest absolute Gasteiger partial charge is 0.115 e. The molecule has 0 saturated carbocycles. The van der Waals surface area contributed by atoms with Gasteiger partial charge in [-0.25, -0.2) is 9.97 Å². The first-order valence-electron chi connectivity index (χ1n) is 6.84. The van der Waals surface area contributed by atoms with E-state index < -0.39 is 0 Å². The van der Waals surface area contributed by atoms with E-state index in [1.807, 2.05) is 7.05 Å². The third kappa shape index (κ3) is 3.03. The average molecular weight is 233 g/mol. The third-order valence-corrected chi connectivity index (χ3v) is 3.70. The zero-order chi connectivity index (χ0) is 12.1. The summed E-state index contributed by atoms with van der Waals surface area (Å²) in [5, 5.41) is 3.40. The van der Waals surface area contributed by atoms with Crippen LogP contribution in [0.3, 0.4) is 0 Å². The predicted octanol–water partition coefficient (Wildman–Crippen LogP) is 2.29. The molecule has 0 spiro atoms. The molecule has 0 aromatic carbocycles. The van der Waals surface area contributed by atoms with Crippen LogP contribution >= 0.6 is 0 Å². The Bertz CT molecular complexity index is 362. The molecule has 1 atom stereocenters. The molecular formula is C14H23N3. The molecule has 1 heterocycles. The van der Waals surface area contributed by atoms with Gasteiger partial charge in [0, 0.05) is 23.9 Å². The maximum absolute atomic E-state index is 4.51. The molecule has 3 heteroatoms. The van der Waals surface area contributed by atoms with Crippen LogP contribution in [-0.2, 0) is 19.3 Å². The largest absolute Gasteiger partial charge is 0.317 e. The number of nitrogens with one attached hydrogen (secondary N) is 1. The van der Waals surface area contributed by atoms with Gasteiger partial charge in [-0.2, -0.15) is 0 Å². The van der Waals surface area contributed by atoms with Gasteiger partial charge in [-0.05, 0) is 44.7 Å². The van der Waals surface area contributed by atoms with Crippen molar-refractivity contribution in [1.82, 2.24) is 15.3 Å². The van der Waals surface area contributed by atoms with E-state index in [2.05, 4.69) is 22.2 Å². The molecule has 0 fully saturated rings. The fourth-order valence-electron chi connectivity index (χ4n) is 2.70. The fraction of sp³-hybridized carbons (Fsp3) is 0.714. The first-order chi connectivity index (χ1) is 8.35. The Kier molecular flexibility index (Phi) is 4.49. The molecule has 0 amide bonds. The maximum Gasteiger partial charge on any atom is 0.115 e. The van der Waals surface area contributed by atoms with Gasteiger partial charge in [0.1, 0.15) is 6.33 Å². The number of hydrogen-bond acceptors (Lipinski definition) is 3. The summed E-state index contributed by atoms with van der Waals surface area (Å²) in [7, 11) is 2.05. The van der Waals surface area contributed by atoms with Gasteiger partial charge < -0.3 is 5.32 Å². The summed E-state index contributed by atoms with van der Waals surface area (Å²) >= 11 is 0. The van der Waals surface area contributed by atoms with Crippen molar-refractivity contribution in [2.24, 2.45) is 0 Å². The van der Waals surface area contributed by atoms with E-state index >= 15 is 0 Å². The van der Waals surface area contributed by atoms with Crippen molar-refractivity contribution in [3.8, 4) is 0 Å². The van der Waals surface area contributed by atoms with Gasteiger partial charge in [0.15, 0.2) is 0 Å². The summed E-state index contributed by atoms with van der Waals surface area (Å²) in [6, 6.07) is 0.556. The van der Waals surface area contributed by atoms with Crippen LogP contribution < -0.4 is 5.32 Å². The minimum absolute atomic E-state index is 0.556. The second-order valence-electron chi connectivity index (χ2n) is 4.93. The molecule has 1 unspecified atom stereocenters. The quantitative estimate of drug-likeness (QED) is 0.848. The number of rotatable bonds is 5. The highest BCUT2D eigenvalue weighted by Gasteiger charge is 2.17. The average Bonchev–Trinajstić information content (AvgIpc) is 2.38. The topological polar surface area (TPSA) is 37.8 Å². The number of nitrogens with zero attached hydrogens (tertiary/aromatic N) is 2. The monoisotopic (exact) mass is 233 g/mol. The summed E-state index contributed by atoms with van der Waals surface area (Å²) in [5.74, 6) is 0. The van der Waals surface area contributed by atoms with Crippen LogP contribution in [0.4, 0.5) is 0 Å². The highest BCUT2D eigenvalue weighted by Crippen LogP contribution is 2.22. The number of aryl methyl sites for hydroxylation is 1. The molecule has 0 saturated heterocycles. The van der Waals surface area contributed by atoms with Crippen molar-refractivity contribution in [2.45, 2.75) is 57.9 Å². The Hall–Kier alpha value is -0.960. The van der Waals surface area contributed by atoms with Gasteiger partial charge in [0.2, 0.25) is 0 Å². The van der Waals surface area contributed by atoms with E-state index in [-0.39, 0.29) is 0 Å². The van der Waals surface area contributed by atoms with Gasteiger partial charge >= 0.3 is 0 Å². The molecule has 1 aromatic rings. The van der Waals surface area contributed by atoms with Gasteiger partial charge in [-0.1, -0.05) is 13.3 Å². The lowest BCUT2D eigenvalue weighted by molar-refractivity contribution is 0.503. The molecule has 1 aromatic heterocycles. The predicted molar refractivity (Wildman–Crippen MR) is 70.1 cm³/mol. The van der Waals surface area contributed by atoms with E-state index in [0.29, 0.717) is 6.04 Å². The van der Waals surface area contributed by atoms with E-state index in [9.17, 15) is 0 Å². The Labute approximate surface area is 104 Å².